The van der Waals surface area contributed by atoms with Crippen LogP contribution < -0.4 is 10.3 Å². The van der Waals surface area contributed by atoms with E-state index in [1.54, 1.807) is 12.1 Å². The summed E-state index contributed by atoms with van der Waals surface area (Å²) < 4.78 is 6.97. The molecule has 0 unspecified atom stereocenters. The number of hydrogen-bond donors (Lipinski definition) is 2. The van der Waals surface area contributed by atoms with Gasteiger partial charge in [0.2, 0.25) is 0 Å². The van der Waals surface area contributed by atoms with Crippen molar-refractivity contribution in [2.45, 2.75) is 6.92 Å². The number of hydrogen-bond acceptors (Lipinski definition) is 4. The van der Waals surface area contributed by atoms with E-state index in [0.29, 0.717) is 17.0 Å². The lowest BCUT2D eigenvalue weighted by atomic mass is 10.1. The Kier molecular flexibility index (Phi) is 3.97. The second-order valence-corrected chi connectivity index (χ2v) is 6.03. The number of H-pyrrole nitrogens is 1. The monoisotopic (exact) mass is 361 g/mol. The smallest absolute Gasteiger partial charge is 0.341 e. The van der Waals surface area contributed by atoms with E-state index in [1.165, 1.54) is 12.3 Å². The topological polar surface area (TPSA) is 96.7 Å². The van der Waals surface area contributed by atoms with Gasteiger partial charge in [-0.25, -0.2) is 14.3 Å². The van der Waals surface area contributed by atoms with Gasteiger partial charge in [0.25, 0.3) is 5.56 Å². The molecule has 2 N–H and O–H groups in total. The molecule has 0 radical (unpaired) electrons. The fourth-order valence-corrected chi connectivity index (χ4v) is 2.83. The van der Waals surface area contributed by atoms with Crippen LogP contribution in [-0.2, 0) is 0 Å². The largest absolute Gasteiger partial charge is 0.477 e. The summed E-state index contributed by atoms with van der Waals surface area (Å²) in [6.07, 6.45) is 1.25. The SMILES string of the molecule is Cc1cc(-c2cc(=O)n3[nH]cc(C(=O)O)c3n2)ccc1Oc1ccccc1. The number of fused-ring (bicyclic) bond motifs is 1. The zero-order chi connectivity index (χ0) is 19.0. The molecule has 7 nitrogen and oxygen atoms in total. The third-order valence-electron chi connectivity index (χ3n) is 4.17. The summed E-state index contributed by atoms with van der Waals surface area (Å²) in [5.74, 6) is 0.265. The number of nitrogens with zero attached hydrogens (tertiary/aromatic N) is 2. The van der Waals surface area contributed by atoms with Crippen molar-refractivity contribution < 1.29 is 14.6 Å². The third kappa shape index (κ3) is 3.06. The average Bonchev–Trinajstić information content (AvgIpc) is 3.09. The van der Waals surface area contributed by atoms with E-state index in [-0.39, 0.29) is 16.8 Å². The summed E-state index contributed by atoms with van der Waals surface area (Å²) in [5.41, 5.74) is 1.60. The summed E-state index contributed by atoms with van der Waals surface area (Å²) in [6, 6.07) is 16.2. The van der Waals surface area contributed by atoms with Crippen molar-refractivity contribution in [3.8, 4) is 22.8 Å². The normalized spacial score (nSPS) is 10.9. The molecular formula is C20H15N3O4. The van der Waals surface area contributed by atoms with Gasteiger partial charge in [-0.15, -0.1) is 0 Å². The van der Waals surface area contributed by atoms with E-state index in [2.05, 4.69) is 10.1 Å². The first kappa shape index (κ1) is 16.6. The van der Waals surface area contributed by atoms with Crippen LogP contribution in [0.15, 0.2) is 65.6 Å². The number of benzene rings is 2. The van der Waals surface area contributed by atoms with Gasteiger partial charge in [-0.1, -0.05) is 18.2 Å². The highest BCUT2D eigenvalue weighted by Crippen LogP contribution is 2.28. The molecule has 7 heteroatoms. The number of carboxylic acids is 1. The molecule has 0 aliphatic carbocycles. The summed E-state index contributed by atoms with van der Waals surface area (Å²) in [7, 11) is 0. The van der Waals surface area contributed by atoms with Crippen LogP contribution in [0, 0.1) is 6.92 Å². The van der Waals surface area contributed by atoms with E-state index in [1.807, 2.05) is 43.3 Å². The maximum Gasteiger partial charge on any atom is 0.341 e. The van der Waals surface area contributed by atoms with Gasteiger partial charge in [-0.2, -0.15) is 0 Å². The lowest BCUT2D eigenvalue weighted by Gasteiger charge is -2.10. The van der Waals surface area contributed by atoms with E-state index in [4.69, 9.17) is 4.74 Å². The van der Waals surface area contributed by atoms with Crippen LogP contribution in [0.1, 0.15) is 15.9 Å². The fourth-order valence-electron chi connectivity index (χ4n) is 2.83. The number of para-hydroxylation sites is 1. The summed E-state index contributed by atoms with van der Waals surface area (Å²) in [4.78, 5) is 27.9. The first-order valence-electron chi connectivity index (χ1n) is 8.21. The molecule has 0 amide bonds. The number of ether oxygens (including phenoxy) is 1. The molecule has 4 rings (SSSR count). The lowest BCUT2D eigenvalue weighted by Crippen LogP contribution is -2.15. The zero-order valence-corrected chi connectivity index (χ0v) is 14.3. The predicted octanol–water partition coefficient (Wildman–Crippen LogP) is 3.49. The molecule has 0 bridgehead atoms. The molecule has 0 saturated carbocycles. The second-order valence-electron chi connectivity index (χ2n) is 6.03. The summed E-state index contributed by atoms with van der Waals surface area (Å²) in [6.45, 7) is 1.89. The number of carbonyl (C=O) groups is 1. The molecule has 0 aliphatic heterocycles. The van der Waals surface area contributed by atoms with Gasteiger partial charge in [0, 0.05) is 17.8 Å². The Bertz CT molecular complexity index is 1210. The van der Waals surface area contributed by atoms with Crippen molar-refractivity contribution in [3.63, 3.8) is 0 Å². The molecule has 0 aliphatic rings. The number of aromatic carboxylic acids is 1. The zero-order valence-electron chi connectivity index (χ0n) is 14.3. The Balaban J connectivity index is 1.75. The third-order valence-corrected chi connectivity index (χ3v) is 4.17. The van der Waals surface area contributed by atoms with E-state index in [0.717, 1.165) is 15.8 Å². The van der Waals surface area contributed by atoms with Gasteiger partial charge < -0.3 is 9.84 Å². The molecule has 4 aromatic rings. The van der Waals surface area contributed by atoms with Crippen molar-refractivity contribution in [2.75, 3.05) is 0 Å². The van der Waals surface area contributed by atoms with Crippen LogP contribution in [-0.4, -0.2) is 25.7 Å². The van der Waals surface area contributed by atoms with Crippen molar-refractivity contribution in [1.82, 2.24) is 14.6 Å². The van der Waals surface area contributed by atoms with Gasteiger partial charge in [-0.05, 0) is 42.8 Å². The molecule has 0 saturated heterocycles. The lowest BCUT2D eigenvalue weighted by molar-refractivity contribution is 0.0698. The van der Waals surface area contributed by atoms with Crippen molar-refractivity contribution in [1.29, 1.82) is 0 Å². The standard InChI is InChI=1S/C20H15N3O4/c1-12-9-13(7-8-17(12)27-14-5-3-2-4-6-14)16-10-18(24)23-19(22-16)15(11-21-23)20(25)26/h2-11,21H,1H3,(H,25,26). The summed E-state index contributed by atoms with van der Waals surface area (Å²) >= 11 is 0. The molecule has 2 aromatic heterocycles. The van der Waals surface area contributed by atoms with Crippen LogP contribution in [0.5, 0.6) is 11.5 Å². The molecule has 0 spiro atoms. The predicted molar refractivity (Wildman–Crippen MR) is 99.5 cm³/mol. The van der Waals surface area contributed by atoms with Gasteiger partial charge in [0.15, 0.2) is 5.65 Å². The quantitative estimate of drug-likeness (QED) is 0.580. The van der Waals surface area contributed by atoms with E-state index >= 15 is 0 Å². The number of nitrogens with one attached hydrogen (secondary N) is 1. The minimum absolute atomic E-state index is 0.0605. The van der Waals surface area contributed by atoms with Crippen LogP contribution in [0.3, 0.4) is 0 Å². The Labute approximate surface area is 153 Å². The summed E-state index contributed by atoms with van der Waals surface area (Å²) in [5, 5.41) is 11.9. The number of aromatic amines is 1. The van der Waals surface area contributed by atoms with Crippen LogP contribution in [0.2, 0.25) is 0 Å². The molecular weight excluding hydrogens is 346 g/mol. The van der Waals surface area contributed by atoms with Gasteiger partial charge in [0.05, 0.1) is 5.69 Å². The van der Waals surface area contributed by atoms with E-state index in [9.17, 15) is 14.7 Å². The average molecular weight is 361 g/mol. The van der Waals surface area contributed by atoms with Crippen molar-refractivity contribution in [3.05, 3.63) is 82.3 Å². The second kappa shape index (κ2) is 6.45. The number of rotatable bonds is 4. The maximum atomic E-state index is 12.3. The van der Waals surface area contributed by atoms with Gasteiger partial charge in [0.1, 0.15) is 17.1 Å². The first-order valence-corrected chi connectivity index (χ1v) is 8.21. The molecule has 2 heterocycles. The Morgan fingerprint density at radius 3 is 2.63 bits per heavy atom. The number of aryl methyl sites for hydroxylation is 1. The first-order chi connectivity index (χ1) is 13.0. The van der Waals surface area contributed by atoms with Gasteiger partial charge in [-0.3, -0.25) is 9.89 Å². The molecule has 2 aromatic carbocycles. The maximum absolute atomic E-state index is 12.3. The minimum Gasteiger partial charge on any atom is -0.477 e. The Hall–Kier alpha value is -3.87. The Morgan fingerprint density at radius 2 is 1.93 bits per heavy atom. The number of carboxylic acid groups (broad SMARTS) is 1. The van der Waals surface area contributed by atoms with Crippen molar-refractivity contribution >= 4 is 11.6 Å². The van der Waals surface area contributed by atoms with E-state index < -0.39 is 5.97 Å². The molecule has 27 heavy (non-hydrogen) atoms. The highest BCUT2D eigenvalue weighted by molar-refractivity contribution is 5.94. The fraction of sp³-hybridized carbons (Fsp3) is 0.0500. The highest BCUT2D eigenvalue weighted by Gasteiger charge is 2.15. The van der Waals surface area contributed by atoms with Crippen LogP contribution >= 0.6 is 0 Å². The number of aromatic nitrogens is 3. The minimum atomic E-state index is -1.15. The molecule has 0 fully saturated rings. The molecule has 0 atom stereocenters. The van der Waals surface area contributed by atoms with Gasteiger partial charge >= 0.3 is 5.97 Å². The van der Waals surface area contributed by atoms with Crippen molar-refractivity contribution in [2.24, 2.45) is 0 Å². The Morgan fingerprint density at radius 1 is 1.15 bits per heavy atom. The molecule has 134 valence electrons. The van der Waals surface area contributed by atoms with Crippen LogP contribution in [0.4, 0.5) is 0 Å². The highest BCUT2D eigenvalue weighted by atomic mass is 16.5. The van der Waals surface area contributed by atoms with Crippen LogP contribution in [0.25, 0.3) is 16.9 Å².